The van der Waals surface area contributed by atoms with Crippen LogP contribution in [0.4, 0.5) is 0 Å². The number of carbonyl (C=O) groups excluding carboxylic acids is 2. The third-order valence-corrected chi connectivity index (χ3v) is 4.24. The largest absolute Gasteiger partial charge is 0.467 e. The molecule has 0 aliphatic heterocycles. The van der Waals surface area contributed by atoms with E-state index in [-0.39, 0.29) is 24.4 Å². The van der Waals surface area contributed by atoms with E-state index in [0.29, 0.717) is 6.61 Å². The Kier molecular flexibility index (Phi) is 7.07. The van der Waals surface area contributed by atoms with Gasteiger partial charge in [0.2, 0.25) is 5.91 Å². The molecular weight excluding hydrogens is 294 g/mol. The minimum Gasteiger partial charge on any atom is -0.467 e. The van der Waals surface area contributed by atoms with Crippen LogP contribution in [0.1, 0.15) is 37.7 Å². The van der Waals surface area contributed by atoms with Gasteiger partial charge in [-0.15, -0.1) is 0 Å². The SMILES string of the molecule is COC(=O)[C@@H](NC(=O)COCc1ccccc1)C1CCCCC1. The van der Waals surface area contributed by atoms with Crippen LogP contribution in [0, 0.1) is 5.92 Å². The van der Waals surface area contributed by atoms with Crippen molar-refractivity contribution in [3.8, 4) is 0 Å². The highest BCUT2D eigenvalue weighted by molar-refractivity contribution is 5.85. The first kappa shape index (κ1) is 17.5. The summed E-state index contributed by atoms with van der Waals surface area (Å²) >= 11 is 0. The van der Waals surface area contributed by atoms with Gasteiger partial charge in [-0.2, -0.15) is 0 Å². The van der Waals surface area contributed by atoms with Crippen LogP contribution in [0.3, 0.4) is 0 Å². The van der Waals surface area contributed by atoms with Crippen molar-refractivity contribution < 1.29 is 19.1 Å². The molecule has 126 valence electrons. The fraction of sp³-hybridized carbons (Fsp3) is 0.556. The molecule has 5 nitrogen and oxygen atoms in total. The predicted molar refractivity (Wildman–Crippen MR) is 86.6 cm³/mol. The molecule has 23 heavy (non-hydrogen) atoms. The number of benzene rings is 1. The number of methoxy groups -OCH3 is 1. The summed E-state index contributed by atoms with van der Waals surface area (Å²) in [6.07, 6.45) is 5.28. The van der Waals surface area contributed by atoms with Gasteiger partial charge >= 0.3 is 5.97 Å². The van der Waals surface area contributed by atoms with Crippen molar-refractivity contribution in [3.05, 3.63) is 35.9 Å². The molecule has 1 amide bonds. The van der Waals surface area contributed by atoms with Gasteiger partial charge < -0.3 is 14.8 Å². The minimum atomic E-state index is -0.562. The van der Waals surface area contributed by atoms with Crippen LogP contribution >= 0.6 is 0 Å². The summed E-state index contributed by atoms with van der Waals surface area (Å²) in [5.74, 6) is -0.482. The zero-order chi connectivity index (χ0) is 16.5. The Bertz CT molecular complexity index is 497. The highest BCUT2D eigenvalue weighted by Crippen LogP contribution is 2.27. The first-order valence-corrected chi connectivity index (χ1v) is 8.19. The molecule has 0 aromatic heterocycles. The molecule has 1 aliphatic rings. The molecule has 1 saturated carbocycles. The van der Waals surface area contributed by atoms with Crippen LogP contribution in [-0.4, -0.2) is 31.6 Å². The molecular formula is C18H25NO4. The van der Waals surface area contributed by atoms with Gasteiger partial charge in [0.15, 0.2) is 0 Å². The number of nitrogens with one attached hydrogen (secondary N) is 1. The minimum absolute atomic E-state index is 0.0604. The number of hydrogen-bond donors (Lipinski definition) is 1. The first-order valence-electron chi connectivity index (χ1n) is 8.19. The highest BCUT2D eigenvalue weighted by Gasteiger charge is 2.31. The van der Waals surface area contributed by atoms with Crippen LogP contribution in [0.15, 0.2) is 30.3 Å². The second kappa shape index (κ2) is 9.30. The fourth-order valence-electron chi connectivity index (χ4n) is 3.01. The lowest BCUT2D eigenvalue weighted by Gasteiger charge is -2.28. The van der Waals surface area contributed by atoms with Crippen molar-refractivity contribution in [1.82, 2.24) is 5.32 Å². The number of ether oxygens (including phenoxy) is 2. The van der Waals surface area contributed by atoms with Gasteiger partial charge in [-0.3, -0.25) is 4.79 Å². The molecule has 1 fully saturated rings. The second-order valence-electron chi connectivity index (χ2n) is 5.94. The molecule has 1 aromatic carbocycles. The fourth-order valence-corrected chi connectivity index (χ4v) is 3.01. The number of hydrogen-bond acceptors (Lipinski definition) is 4. The maximum atomic E-state index is 12.1. The average molecular weight is 319 g/mol. The third kappa shape index (κ3) is 5.67. The van der Waals surface area contributed by atoms with Gasteiger partial charge in [-0.25, -0.2) is 4.79 Å². The summed E-state index contributed by atoms with van der Waals surface area (Å²) in [6.45, 7) is 0.315. The van der Waals surface area contributed by atoms with E-state index in [4.69, 9.17) is 9.47 Å². The lowest BCUT2D eigenvalue weighted by atomic mass is 9.84. The standard InChI is InChI=1S/C18H25NO4/c1-22-18(21)17(15-10-6-3-7-11-15)19-16(20)13-23-12-14-8-4-2-5-9-14/h2,4-5,8-9,15,17H,3,6-7,10-13H2,1H3,(H,19,20)/t17-/m0/s1. The smallest absolute Gasteiger partial charge is 0.328 e. The molecule has 1 atom stereocenters. The summed E-state index contributed by atoms with van der Waals surface area (Å²) in [6, 6.07) is 9.10. The Hall–Kier alpha value is -1.88. The Morgan fingerprint density at radius 2 is 1.87 bits per heavy atom. The summed E-state index contributed by atoms with van der Waals surface area (Å²) in [5, 5.41) is 2.79. The number of esters is 1. The zero-order valence-corrected chi connectivity index (χ0v) is 13.6. The number of carbonyl (C=O) groups is 2. The van der Waals surface area contributed by atoms with Gasteiger partial charge in [-0.05, 0) is 24.3 Å². The quantitative estimate of drug-likeness (QED) is 0.784. The lowest BCUT2D eigenvalue weighted by molar-refractivity contribution is -0.147. The van der Waals surface area contributed by atoms with E-state index in [0.717, 1.165) is 31.2 Å². The normalized spacial score (nSPS) is 16.6. The van der Waals surface area contributed by atoms with E-state index in [2.05, 4.69) is 5.32 Å². The van der Waals surface area contributed by atoms with Crippen LogP contribution in [0.5, 0.6) is 0 Å². The topological polar surface area (TPSA) is 64.6 Å². The summed E-state index contributed by atoms with van der Waals surface area (Å²) in [4.78, 5) is 24.0. The molecule has 0 saturated heterocycles. The van der Waals surface area contributed by atoms with Gasteiger partial charge in [0.05, 0.1) is 13.7 Å². The van der Waals surface area contributed by atoms with Crippen molar-refractivity contribution in [1.29, 1.82) is 0 Å². The number of amides is 1. The van der Waals surface area contributed by atoms with Crippen molar-refractivity contribution in [2.24, 2.45) is 5.92 Å². The molecule has 1 aliphatic carbocycles. The molecule has 0 bridgehead atoms. The third-order valence-electron chi connectivity index (χ3n) is 4.24. The second-order valence-corrected chi connectivity index (χ2v) is 5.94. The van der Waals surface area contributed by atoms with Gasteiger partial charge in [0, 0.05) is 0 Å². The van der Waals surface area contributed by atoms with Gasteiger partial charge in [0.25, 0.3) is 0 Å². The summed E-state index contributed by atoms with van der Waals surface area (Å²) < 4.78 is 10.3. The highest BCUT2D eigenvalue weighted by atomic mass is 16.5. The Morgan fingerprint density at radius 1 is 1.17 bits per heavy atom. The van der Waals surface area contributed by atoms with Crippen molar-refractivity contribution in [2.75, 3.05) is 13.7 Å². The molecule has 1 N–H and O–H groups in total. The van der Waals surface area contributed by atoms with E-state index in [1.165, 1.54) is 13.5 Å². The monoisotopic (exact) mass is 319 g/mol. The predicted octanol–water partition coefficient (Wildman–Crippen LogP) is 2.44. The van der Waals surface area contributed by atoms with Crippen LogP contribution in [0.2, 0.25) is 0 Å². The average Bonchev–Trinajstić information content (AvgIpc) is 2.60. The Labute approximate surface area is 137 Å². The lowest BCUT2D eigenvalue weighted by Crippen LogP contribution is -2.48. The van der Waals surface area contributed by atoms with E-state index in [1.54, 1.807) is 0 Å². The Balaban J connectivity index is 1.81. The zero-order valence-electron chi connectivity index (χ0n) is 13.6. The molecule has 0 unspecified atom stereocenters. The first-order chi connectivity index (χ1) is 11.2. The molecule has 0 radical (unpaired) electrons. The molecule has 5 heteroatoms. The van der Waals surface area contributed by atoms with Crippen LogP contribution in [-0.2, 0) is 25.7 Å². The maximum absolute atomic E-state index is 12.1. The summed E-state index contributed by atoms with van der Waals surface area (Å²) in [7, 11) is 1.36. The van der Waals surface area contributed by atoms with Crippen molar-refractivity contribution >= 4 is 11.9 Å². The molecule has 0 heterocycles. The van der Waals surface area contributed by atoms with E-state index < -0.39 is 6.04 Å². The van der Waals surface area contributed by atoms with E-state index >= 15 is 0 Å². The maximum Gasteiger partial charge on any atom is 0.328 e. The van der Waals surface area contributed by atoms with Crippen LogP contribution < -0.4 is 5.32 Å². The van der Waals surface area contributed by atoms with Crippen molar-refractivity contribution in [2.45, 2.75) is 44.8 Å². The Morgan fingerprint density at radius 3 is 2.52 bits per heavy atom. The van der Waals surface area contributed by atoms with Gasteiger partial charge in [0.1, 0.15) is 12.6 Å². The molecule has 2 rings (SSSR count). The van der Waals surface area contributed by atoms with E-state index in [1.807, 2.05) is 30.3 Å². The molecule has 0 spiro atoms. The van der Waals surface area contributed by atoms with Gasteiger partial charge in [-0.1, -0.05) is 49.6 Å². The van der Waals surface area contributed by atoms with Crippen molar-refractivity contribution in [3.63, 3.8) is 0 Å². The molecule has 1 aromatic rings. The van der Waals surface area contributed by atoms with E-state index in [9.17, 15) is 9.59 Å². The van der Waals surface area contributed by atoms with Crippen LogP contribution in [0.25, 0.3) is 0 Å². The number of rotatable bonds is 7. The summed E-state index contributed by atoms with van der Waals surface area (Å²) in [5.41, 5.74) is 1.01.